The number of carbonyl (C=O) groups is 1. The van der Waals surface area contributed by atoms with E-state index in [4.69, 9.17) is 4.74 Å². The van der Waals surface area contributed by atoms with Gasteiger partial charge < -0.3 is 15.0 Å². The Balaban J connectivity index is 2.01. The summed E-state index contributed by atoms with van der Waals surface area (Å²) in [5.41, 5.74) is 0.476. The van der Waals surface area contributed by atoms with Gasteiger partial charge in [-0.15, -0.1) is 0 Å². The molecule has 0 spiro atoms. The number of hydrogen-bond acceptors (Lipinski definition) is 5. The Bertz CT molecular complexity index is 473. The summed E-state index contributed by atoms with van der Waals surface area (Å²) in [6.07, 6.45) is 2.34. The van der Waals surface area contributed by atoms with E-state index in [9.17, 15) is 4.79 Å². The first-order valence-corrected chi connectivity index (χ1v) is 7.56. The second-order valence-corrected chi connectivity index (χ2v) is 5.96. The number of ether oxygens (including phenoxy) is 1. The predicted octanol–water partition coefficient (Wildman–Crippen LogP) is 2.38. The maximum atomic E-state index is 11.7. The van der Waals surface area contributed by atoms with Crippen molar-refractivity contribution < 1.29 is 9.53 Å². The Kier molecular flexibility index (Phi) is 5.37. The Morgan fingerprint density at radius 3 is 2.85 bits per heavy atom. The second-order valence-electron chi connectivity index (χ2n) is 5.15. The molecular weight excluding hydrogens is 322 g/mol. The van der Waals surface area contributed by atoms with E-state index in [0.29, 0.717) is 21.9 Å². The van der Waals surface area contributed by atoms with Gasteiger partial charge in [0.05, 0.1) is 7.11 Å². The normalized spacial score (nSPS) is 16.9. The van der Waals surface area contributed by atoms with Crippen LogP contribution in [0.25, 0.3) is 0 Å². The van der Waals surface area contributed by atoms with Crippen molar-refractivity contribution in [1.29, 1.82) is 0 Å². The van der Waals surface area contributed by atoms with Gasteiger partial charge in [0.25, 0.3) is 0 Å². The molecule has 0 amide bonds. The van der Waals surface area contributed by atoms with E-state index in [1.807, 2.05) is 0 Å². The molecule has 1 aromatic rings. The number of carbonyl (C=O) groups excluding carboxylic acids is 1. The van der Waals surface area contributed by atoms with E-state index in [0.717, 1.165) is 19.6 Å². The summed E-state index contributed by atoms with van der Waals surface area (Å²) >= 11 is 3.33. The van der Waals surface area contributed by atoms with Crippen LogP contribution >= 0.6 is 15.9 Å². The number of likely N-dealkylation sites (tertiary alicyclic amines) is 1. The molecule has 1 aromatic heterocycles. The molecule has 0 atom stereocenters. The monoisotopic (exact) mass is 341 g/mol. The van der Waals surface area contributed by atoms with Crippen molar-refractivity contribution >= 4 is 27.7 Å². The van der Waals surface area contributed by atoms with Crippen molar-refractivity contribution in [2.75, 3.05) is 39.1 Å². The van der Waals surface area contributed by atoms with Gasteiger partial charge in [0.15, 0.2) is 0 Å². The molecule has 0 aromatic carbocycles. The Morgan fingerprint density at radius 2 is 2.20 bits per heavy atom. The molecule has 110 valence electrons. The zero-order valence-electron chi connectivity index (χ0n) is 11.9. The highest BCUT2D eigenvalue weighted by molar-refractivity contribution is 9.10. The molecule has 0 radical (unpaired) electrons. The molecule has 0 unspecified atom stereocenters. The molecule has 0 bridgehead atoms. The van der Waals surface area contributed by atoms with E-state index in [-0.39, 0.29) is 5.97 Å². The molecule has 5 nitrogen and oxygen atoms in total. The number of piperidine rings is 1. The third-order valence-corrected chi connectivity index (χ3v) is 4.10. The topological polar surface area (TPSA) is 54.5 Å². The Hall–Kier alpha value is -1.14. The average Bonchev–Trinajstić information content (AvgIpc) is 2.46. The summed E-state index contributed by atoms with van der Waals surface area (Å²) in [4.78, 5) is 18.4. The van der Waals surface area contributed by atoms with Crippen LogP contribution in [0, 0.1) is 5.92 Å². The summed E-state index contributed by atoms with van der Waals surface area (Å²) in [6.45, 7) is 3.09. The van der Waals surface area contributed by atoms with E-state index in [1.54, 1.807) is 12.1 Å². The minimum Gasteiger partial charge on any atom is -0.465 e. The van der Waals surface area contributed by atoms with Crippen LogP contribution in [0.2, 0.25) is 0 Å². The van der Waals surface area contributed by atoms with Crippen LogP contribution < -0.4 is 5.32 Å². The molecule has 6 heteroatoms. The maximum Gasteiger partial charge on any atom is 0.341 e. The molecule has 0 aliphatic carbocycles. The molecule has 1 aliphatic rings. The molecule has 2 heterocycles. The summed E-state index contributed by atoms with van der Waals surface area (Å²) in [6, 6.07) is 3.47. The average molecular weight is 342 g/mol. The van der Waals surface area contributed by atoms with Crippen LogP contribution in [0.15, 0.2) is 16.7 Å². The lowest BCUT2D eigenvalue weighted by atomic mass is 9.97. The quantitative estimate of drug-likeness (QED) is 0.673. The first kappa shape index (κ1) is 15.3. The molecule has 1 N–H and O–H groups in total. The van der Waals surface area contributed by atoms with Crippen molar-refractivity contribution in [2.24, 2.45) is 5.92 Å². The van der Waals surface area contributed by atoms with Crippen molar-refractivity contribution in [3.8, 4) is 0 Å². The van der Waals surface area contributed by atoms with Gasteiger partial charge in [-0.3, -0.25) is 0 Å². The van der Waals surface area contributed by atoms with Gasteiger partial charge in [-0.25, -0.2) is 9.78 Å². The fourth-order valence-corrected chi connectivity index (χ4v) is 2.66. The highest BCUT2D eigenvalue weighted by Gasteiger charge is 2.18. The number of hydrogen-bond donors (Lipinski definition) is 1. The van der Waals surface area contributed by atoms with Crippen LogP contribution in [0.3, 0.4) is 0 Å². The van der Waals surface area contributed by atoms with Gasteiger partial charge in [-0.1, -0.05) is 0 Å². The molecule has 1 fully saturated rings. The third kappa shape index (κ3) is 3.93. The van der Waals surface area contributed by atoms with Crippen molar-refractivity contribution in [2.45, 2.75) is 12.8 Å². The first-order chi connectivity index (χ1) is 9.60. The van der Waals surface area contributed by atoms with Crippen molar-refractivity contribution in [1.82, 2.24) is 9.88 Å². The van der Waals surface area contributed by atoms with E-state index >= 15 is 0 Å². The first-order valence-electron chi connectivity index (χ1n) is 6.77. The van der Waals surface area contributed by atoms with E-state index < -0.39 is 0 Å². The number of pyridine rings is 1. The SMILES string of the molecule is COC(=O)c1ccc(Br)nc1NCC1CCN(C)CC1. The number of anilines is 1. The fraction of sp³-hybridized carbons (Fsp3) is 0.571. The fourth-order valence-electron chi connectivity index (χ4n) is 2.35. The molecule has 2 rings (SSSR count). The summed E-state index contributed by atoms with van der Waals surface area (Å²) in [5.74, 6) is 0.846. The lowest BCUT2D eigenvalue weighted by Gasteiger charge is -2.29. The van der Waals surface area contributed by atoms with Gasteiger partial charge in [0.1, 0.15) is 16.0 Å². The van der Waals surface area contributed by atoms with Crippen molar-refractivity contribution in [3.05, 3.63) is 22.3 Å². The van der Waals surface area contributed by atoms with Gasteiger partial charge in [0.2, 0.25) is 0 Å². The number of nitrogens with zero attached hydrogens (tertiary/aromatic N) is 2. The lowest BCUT2D eigenvalue weighted by molar-refractivity contribution is 0.0601. The molecule has 20 heavy (non-hydrogen) atoms. The second kappa shape index (κ2) is 7.04. The number of rotatable bonds is 4. The van der Waals surface area contributed by atoms with Gasteiger partial charge in [0, 0.05) is 6.54 Å². The summed E-state index contributed by atoms with van der Waals surface area (Å²) < 4.78 is 5.49. The van der Waals surface area contributed by atoms with Gasteiger partial charge in [-0.2, -0.15) is 0 Å². The van der Waals surface area contributed by atoms with Crippen LogP contribution in [-0.2, 0) is 4.74 Å². The van der Waals surface area contributed by atoms with E-state index in [1.165, 1.54) is 20.0 Å². The number of halogens is 1. The van der Waals surface area contributed by atoms with Crippen LogP contribution in [0.5, 0.6) is 0 Å². The summed E-state index contributed by atoms with van der Waals surface area (Å²) in [7, 11) is 3.53. The largest absolute Gasteiger partial charge is 0.465 e. The zero-order chi connectivity index (χ0) is 14.5. The predicted molar refractivity (Wildman–Crippen MR) is 82.0 cm³/mol. The number of aromatic nitrogens is 1. The number of nitrogens with one attached hydrogen (secondary N) is 1. The Morgan fingerprint density at radius 1 is 1.50 bits per heavy atom. The highest BCUT2D eigenvalue weighted by Crippen LogP contribution is 2.21. The molecule has 0 saturated carbocycles. The van der Waals surface area contributed by atoms with Crippen LogP contribution in [0.4, 0.5) is 5.82 Å². The maximum absolute atomic E-state index is 11.7. The van der Waals surface area contributed by atoms with Crippen molar-refractivity contribution in [3.63, 3.8) is 0 Å². The van der Waals surface area contributed by atoms with Gasteiger partial charge >= 0.3 is 5.97 Å². The minimum absolute atomic E-state index is 0.365. The van der Waals surface area contributed by atoms with E-state index in [2.05, 4.69) is 38.2 Å². The van der Waals surface area contributed by atoms with Crippen LogP contribution in [0.1, 0.15) is 23.2 Å². The molecule has 1 saturated heterocycles. The highest BCUT2D eigenvalue weighted by atomic mass is 79.9. The smallest absolute Gasteiger partial charge is 0.341 e. The number of methoxy groups -OCH3 is 1. The Labute approximate surface area is 127 Å². The van der Waals surface area contributed by atoms with Crippen LogP contribution in [-0.4, -0.2) is 49.6 Å². The molecule has 1 aliphatic heterocycles. The zero-order valence-corrected chi connectivity index (χ0v) is 13.4. The molecular formula is C14H20BrN3O2. The van der Waals surface area contributed by atoms with Gasteiger partial charge in [-0.05, 0) is 67.0 Å². The minimum atomic E-state index is -0.365. The number of esters is 1. The summed E-state index contributed by atoms with van der Waals surface area (Å²) in [5, 5.41) is 3.29. The third-order valence-electron chi connectivity index (χ3n) is 3.66. The lowest BCUT2D eigenvalue weighted by Crippen LogP contribution is -2.33. The standard InChI is InChI=1S/C14H20BrN3O2/c1-18-7-5-10(6-8-18)9-16-13-11(14(19)20-2)3-4-12(15)17-13/h3-4,10H,5-9H2,1-2H3,(H,16,17).